The molecule has 0 N–H and O–H groups in total. The lowest BCUT2D eigenvalue weighted by Crippen LogP contribution is -2.49. The summed E-state index contributed by atoms with van der Waals surface area (Å²) < 4.78 is 33.1. The zero-order valence-electron chi connectivity index (χ0n) is 18.3. The molecule has 9 heteroatoms. The topological polar surface area (TPSA) is 78.9 Å². The number of aromatic nitrogens is 2. The van der Waals surface area contributed by atoms with Gasteiger partial charge in [0.1, 0.15) is 23.2 Å². The van der Waals surface area contributed by atoms with E-state index in [0.29, 0.717) is 43.4 Å². The van der Waals surface area contributed by atoms with Crippen LogP contribution in [-0.4, -0.2) is 68.6 Å². The fourth-order valence-electron chi connectivity index (χ4n) is 4.16. The van der Waals surface area contributed by atoms with E-state index in [0.717, 1.165) is 30.5 Å². The van der Waals surface area contributed by atoms with E-state index in [4.69, 9.17) is 4.74 Å². The summed E-state index contributed by atoms with van der Waals surface area (Å²) >= 11 is 0. The van der Waals surface area contributed by atoms with Gasteiger partial charge in [0.15, 0.2) is 0 Å². The maximum atomic E-state index is 13.0. The molecule has 0 bridgehead atoms. The molecule has 0 aliphatic carbocycles. The predicted octanol–water partition coefficient (Wildman–Crippen LogP) is 2.68. The highest BCUT2D eigenvalue weighted by Crippen LogP contribution is 2.25. The van der Waals surface area contributed by atoms with Crippen molar-refractivity contribution in [1.82, 2.24) is 14.3 Å². The molecular formula is C22H31N5O3S. The van der Waals surface area contributed by atoms with Crippen LogP contribution in [0.5, 0.6) is 5.75 Å². The summed E-state index contributed by atoms with van der Waals surface area (Å²) in [5.41, 5.74) is 0. The van der Waals surface area contributed by atoms with Crippen molar-refractivity contribution >= 4 is 21.7 Å². The summed E-state index contributed by atoms with van der Waals surface area (Å²) in [6.07, 6.45) is 3.67. The van der Waals surface area contributed by atoms with E-state index < -0.39 is 10.0 Å². The van der Waals surface area contributed by atoms with Crippen LogP contribution < -0.4 is 14.5 Å². The van der Waals surface area contributed by atoms with Crippen LogP contribution in [0.2, 0.25) is 0 Å². The molecule has 0 atom stereocenters. The lowest BCUT2D eigenvalue weighted by atomic mass is 10.1. The zero-order valence-corrected chi connectivity index (χ0v) is 19.1. The minimum atomic E-state index is -3.52. The van der Waals surface area contributed by atoms with Crippen LogP contribution in [0.1, 0.15) is 32.0 Å². The van der Waals surface area contributed by atoms with Gasteiger partial charge in [-0.25, -0.2) is 18.4 Å². The third-order valence-corrected chi connectivity index (χ3v) is 7.74. The first-order valence-electron chi connectivity index (χ1n) is 11.1. The Hall–Kier alpha value is -2.39. The van der Waals surface area contributed by atoms with Crippen molar-refractivity contribution in [3.63, 3.8) is 0 Å². The van der Waals surface area contributed by atoms with E-state index in [-0.39, 0.29) is 0 Å². The van der Waals surface area contributed by atoms with E-state index in [2.05, 4.69) is 25.8 Å². The van der Waals surface area contributed by atoms with Crippen molar-refractivity contribution < 1.29 is 13.2 Å². The summed E-state index contributed by atoms with van der Waals surface area (Å²) in [5.74, 6) is 3.29. The Morgan fingerprint density at radius 3 is 2.03 bits per heavy atom. The van der Waals surface area contributed by atoms with Gasteiger partial charge in [-0.15, -0.1) is 0 Å². The van der Waals surface area contributed by atoms with Crippen molar-refractivity contribution in [2.75, 3.05) is 55.7 Å². The summed E-state index contributed by atoms with van der Waals surface area (Å²) in [6, 6.07) is 8.70. The molecule has 0 unspecified atom stereocenters. The fraction of sp³-hybridized carbons (Fsp3) is 0.545. The van der Waals surface area contributed by atoms with Gasteiger partial charge < -0.3 is 14.5 Å². The van der Waals surface area contributed by atoms with E-state index in [1.807, 2.05) is 13.8 Å². The van der Waals surface area contributed by atoms with Crippen molar-refractivity contribution in [2.24, 2.45) is 0 Å². The van der Waals surface area contributed by atoms with E-state index >= 15 is 0 Å². The van der Waals surface area contributed by atoms with Crippen LogP contribution >= 0.6 is 0 Å². The van der Waals surface area contributed by atoms with Gasteiger partial charge >= 0.3 is 0 Å². The first-order valence-corrected chi connectivity index (χ1v) is 12.5. The van der Waals surface area contributed by atoms with E-state index in [9.17, 15) is 8.42 Å². The van der Waals surface area contributed by atoms with Gasteiger partial charge in [0.2, 0.25) is 10.0 Å². The Bertz CT molecular complexity index is 983. The quantitative estimate of drug-likeness (QED) is 0.676. The molecule has 168 valence electrons. The van der Waals surface area contributed by atoms with Gasteiger partial charge in [-0.3, -0.25) is 0 Å². The highest BCUT2D eigenvalue weighted by molar-refractivity contribution is 7.89. The lowest BCUT2D eigenvalue weighted by molar-refractivity contribution is 0.340. The molecule has 31 heavy (non-hydrogen) atoms. The van der Waals surface area contributed by atoms with E-state index in [1.165, 1.54) is 19.3 Å². The van der Waals surface area contributed by atoms with Crippen LogP contribution in [0.3, 0.4) is 0 Å². The van der Waals surface area contributed by atoms with E-state index in [1.54, 1.807) is 28.6 Å². The second-order valence-electron chi connectivity index (χ2n) is 7.97. The summed E-state index contributed by atoms with van der Waals surface area (Å²) in [6.45, 7) is 8.50. The van der Waals surface area contributed by atoms with Crippen LogP contribution in [0, 0.1) is 6.92 Å². The Morgan fingerprint density at radius 2 is 1.45 bits per heavy atom. The Kier molecular flexibility index (Phi) is 6.62. The molecule has 2 aromatic rings. The maximum absolute atomic E-state index is 13.0. The van der Waals surface area contributed by atoms with Gasteiger partial charge in [0.05, 0.1) is 11.5 Å². The molecule has 1 aromatic heterocycles. The van der Waals surface area contributed by atoms with Crippen LogP contribution in [0.15, 0.2) is 35.2 Å². The highest BCUT2D eigenvalue weighted by Gasteiger charge is 2.29. The van der Waals surface area contributed by atoms with Gasteiger partial charge in [-0.1, -0.05) is 0 Å². The number of ether oxygens (including phenoxy) is 1. The Labute approximate surface area is 184 Å². The molecule has 1 aromatic carbocycles. The Morgan fingerprint density at radius 1 is 0.871 bits per heavy atom. The fourth-order valence-corrected chi connectivity index (χ4v) is 5.59. The smallest absolute Gasteiger partial charge is 0.243 e. The molecule has 0 amide bonds. The lowest BCUT2D eigenvalue weighted by Gasteiger charge is -2.35. The SMILES string of the molecule is CCOc1ccc(S(=O)(=O)N2CCN(c3cc(N4CCCCC4)nc(C)n3)CC2)cc1. The first-order chi connectivity index (χ1) is 15.0. The number of aryl methyl sites for hydroxylation is 1. The maximum Gasteiger partial charge on any atom is 0.243 e. The summed E-state index contributed by atoms with van der Waals surface area (Å²) in [4.78, 5) is 14.1. The number of sulfonamides is 1. The van der Waals surface area contributed by atoms with Crippen molar-refractivity contribution in [3.05, 3.63) is 36.2 Å². The molecule has 8 nitrogen and oxygen atoms in total. The molecule has 2 fully saturated rings. The monoisotopic (exact) mass is 445 g/mol. The molecule has 0 radical (unpaired) electrons. The number of hydrogen-bond donors (Lipinski definition) is 0. The molecule has 2 aliphatic heterocycles. The van der Waals surface area contributed by atoms with Crippen molar-refractivity contribution in [3.8, 4) is 5.75 Å². The average Bonchev–Trinajstić information content (AvgIpc) is 2.80. The molecule has 0 spiro atoms. The summed E-state index contributed by atoms with van der Waals surface area (Å²) in [5, 5.41) is 0. The standard InChI is InChI=1S/C22H31N5O3S/c1-3-30-19-7-9-20(10-8-19)31(28,29)27-15-13-26(14-16-27)22-17-21(23-18(2)24-22)25-11-5-4-6-12-25/h7-10,17H,3-6,11-16H2,1-2H3. The van der Waals surface area contributed by atoms with Gasteiger partial charge in [0.25, 0.3) is 0 Å². The Balaban J connectivity index is 1.44. The largest absolute Gasteiger partial charge is 0.494 e. The number of piperazine rings is 1. The summed E-state index contributed by atoms with van der Waals surface area (Å²) in [7, 11) is -3.52. The molecular weight excluding hydrogens is 414 g/mol. The van der Waals surface area contributed by atoms with Crippen LogP contribution in [0.25, 0.3) is 0 Å². The molecule has 2 aliphatic rings. The number of nitrogens with zero attached hydrogens (tertiary/aromatic N) is 5. The molecule has 4 rings (SSSR count). The highest BCUT2D eigenvalue weighted by atomic mass is 32.2. The number of benzene rings is 1. The predicted molar refractivity (Wildman–Crippen MR) is 121 cm³/mol. The molecule has 2 saturated heterocycles. The van der Waals surface area contributed by atoms with Crippen molar-refractivity contribution in [2.45, 2.75) is 38.0 Å². The number of piperidine rings is 1. The minimum Gasteiger partial charge on any atom is -0.494 e. The second kappa shape index (κ2) is 9.40. The van der Waals surface area contributed by atoms with Crippen LogP contribution in [0.4, 0.5) is 11.6 Å². The minimum absolute atomic E-state index is 0.301. The third-order valence-electron chi connectivity index (χ3n) is 5.83. The number of hydrogen-bond acceptors (Lipinski definition) is 7. The van der Waals surface area contributed by atoms with Gasteiger partial charge in [0, 0.05) is 45.3 Å². The molecule has 3 heterocycles. The zero-order chi connectivity index (χ0) is 21.8. The van der Waals surface area contributed by atoms with Gasteiger partial charge in [-0.2, -0.15) is 4.31 Å². The average molecular weight is 446 g/mol. The third kappa shape index (κ3) is 4.93. The first kappa shape index (κ1) is 21.8. The van der Waals surface area contributed by atoms with Crippen molar-refractivity contribution in [1.29, 1.82) is 0 Å². The number of anilines is 2. The van der Waals surface area contributed by atoms with Gasteiger partial charge in [-0.05, 0) is 57.4 Å². The van der Waals surface area contributed by atoms with Crippen LogP contribution in [-0.2, 0) is 10.0 Å². The normalized spacial score (nSPS) is 18.3. The second-order valence-corrected chi connectivity index (χ2v) is 9.91. The molecule has 0 saturated carbocycles. The number of rotatable bonds is 6.